The maximum absolute atomic E-state index is 9.91. The van der Waals surface area contributed by atoms with Crippen molar-refractivity contribution in [1.29, 1.82) is 0 Å². The maximum Gasteiger partial charge on any atom is 1.00 e. The molecule has 1 amide bonds. The van der Waals surface area contributed by atoms with Crippen LogP contribution in [0.3, 0.4) is 0 Å². The quantitative estimate of drug-likeness (QED) is 0.335. The Bertz CT molecular complexity index is 71.7. The molecule has 36 valence electrons. The van der Waals surface area contributed by atoms with Crippen LogP contribution in [0, 0.1) is 0 Å². The van der Waals surface area contributed by atoms with Crippen molar-refractivity contribution in [2.24, 2.45) is 0 Å². The van der Waals surface area contributed by atoms with Crippen molar-refractivity contribution in [3.8, 4) is 0 Å². The van der Waals surface area contributed by atoms with Crippen molar-refractivity contribution in [3.63, 3.8) is 0 Å². The van der Waals surface area contributed by atoms with Gasteiger partial charge in [-0.3, -0.25) is 0 Å². The molecule has 0 spiro atoms. The van der Waals surface area contributed by atoms with Crippen LogP contribution in [0.5, 0.6) is 0 Å². The summed E-state index contributed by atoms with van der Waals surface area (Å²) in [5.74, 6) is 0. The van der Waals surface area contributed by atoms with Crippen molar-refractivity contribution in [2.75, 3.05) is 13.2 Å². The van der Waals surface area contributed by atoms with Gasteiger partial charge in [-0.05, 0) is 0 Å². The van der Waals surface area contributed by atoms with Gasteiger partial charge >= 0.3 is 35.7 Å². The minimum Gasteiger partial charge on any atom is -1.00 e. The fourth-order valence-electron chi connectivity index (χ4n) is 0.348. The Morgan fingerprint density at radius 1 is 1.86 bits per heavy atom. The Morgan fingerprint density at radius 2 is 2.57 bits per heavy atom. The van der Waals surface area contributed by atoms with Crippen LogP contribution in [-0.2, 0) is 4.74 Å². The molecule has 0 aromatic heterocycles. The predicted molar refractivity (Wildman–Crippen MR) is 20.5 cm³/mol. The zero-order valence-electron chi connectivity index (χ0n) is 5.23. The molecule has 0 aromatic rings. The molecule has 0 atom stereocenters. The van der Waals surface area contributed by atoms with E-state index in [1.165, 1.54) is 0 Å². The molecule has 1 fully saturated rings. The van der Waals surface area contributed by atoms with E-state index in [4.69, 9.17) is 0 Å². The molecule has 1 rings (SSSR count). The van der Waals surface area contributed by atoms with Gasteiger partial charge in [-0.25, -0.2) is 4.79 Å². The average molecular weight is 111 g/mol. The first kappa shape index (κ1) is 7.27. The summed E-state index contributed by atoms with van der Waals surface area (Å²) >= 11 is 0. The molecule has 3 nitrogen and oxygen atoms in total. The number of carbonyl (C=O) groups is 1. The van der Waals surface area contributed by atoms with Crippen LogP contribution in [0.1, 0.15) is 1.43 Å². The summed E-state index contributed by atoms with van der Waals surface area (Å²) in [6.07, 6.45) is -0.296. The third-order valence-electron chi connectivity index (χ3n) is 0.605. The molecule has 1 saturated heterocycles. The van der Waals surface area contributed by atoms with E-state index < -0.39 is 0 Å². The van der Waals surface area contributed by atoms with Crippen molar-refractivity contribution in [3.05, 3.63) is 0 Å². The van der Waals surface area contributed by atoms with Gasteiger partial charge in [0.15, 0.2) is 0 Å². The summed E-state index contributed by atoms with van der Waals surface area (Å²) < 4.78 is 4.40. The molecule has 1 heterocycles. The number of ether oxygens (including phenoxy) is 1. The summed E-state index contributed by atoms with van der Waals surface area (Å²) in [5, 5.41) is 2.46. The van der Waals surface area contributed by atoms with E-state index in [0.717, 1.165) is 0 Å². The van der Waals surface area contributed by atoms with Crippen LogP contribution in [0.4, 0.5) is 4.79 Å². The number of hydrogen-bond donors (Lipinski definition) is 1. The van der Waals surface area contributed by atoms with E-state index in [9.17, 15) is 4.79 Å². The molecule has 0 aromatic carbocycles. The molecule has 7 heavy (non-hydrogen) atoms. The third kappa shape index (κ3) is 2.16. The minimum atomic E-state index is -0.296. The molecule has 1 aliphatic rings. The topological polar surface area (TPSA) is 38.3 Å². The Morgan fingerprint density at radius 3 is 2.71 bits per heavy atom. The zero-order valence-corrected chi connectivity index (χ0v) is 6.23. The number of carbonyl (C=O) groups excluding carboxylic acids is 1. The van der Waals surface area contributed by atoms with Gasteiger partial charge in [0.1, 0.15) is 6.61 Å². The van der Waals surface area contributed by atoms with Crippen LogP contribution in [-0.4, -0.2) is 19.2 Å². The van der Waals surface area contributed by atoms with Crippen LogP contribution in [0.25, 0.3) is 0 Å². The standard InChI is InChI=1S/C3H5NO2.Na.H/c5-3-4-1-2-6-3;;/h1-2H2,(H,4,5);;/q;+1;-1. The van der Waals surface area contributed by atoms with Gasteiger partial charge in [0, 0.05) is 0 Å². The second-order valence-corrected chi connectivity index (χ2v) is 1.06. The molecule has 1 aliphatic heterocycles. The van der Waals surface area contributed by atoms with Crippen molar-refractivity contribution in [1.82, 2.24) is 5.32 Å². The minimum absolute atomic E-state index is 0. The SMILES string of the molecule is O=C1NCCO1.[H-].[Na+]. The molecule has 0 aliphatic carbocycles. The molecular weight excluding hydrogens is 105 g/mol. The van der Waals surface area contributed by atoms with E-state index in [-0.39, 0.29) is 37.1 Å². The van der Waals surface area contributed by atoms with Gasteiger partial charge in [0.25, 0.3) is 0 Å². The number of amides is 1. The summed E-state index contributed by atoms with van der Waals surface area (Å²) in [6.45, 7) is 1.19. The molecule has 0 unspecified atom stereocenters. The van der Waals surface area contributed by atoms with Gasteiger partial charge in [0.2, 0.25) is 0 Å². The van der Waals surface area contributed by atoms with Crippen molar-refractivity contribution in [2.45, 2.75) is 0 Å². The molecule has 0 saturated carbocycles. The van der Waals surface area contributed by atoms with E-state index in [1.54, 1.807) is 0 Å². The summed E-state index contributed by atoms with van der Waals surface area (Å²) in [6, 6.07) is 0. The number of hydrogen-bond acceptors (Lipinski definition) is 2. The fourth-order valence-corrected chi connectivity index (χ4v) is 0.348. The Labute approximate surface area is 65.2 Å². The molecule has 0 bridgehead atoms. The maximum atomic E-state index is 9.91. The van der Waals surface area contributed by atoms with Crippen molar-refractivity contribution < 1.29 is 40.5 Å². The second kappa shape index (κ2) is 3.29. The van der Waals surface area contributed by atoms with Crippen molar-refractivity contribution >= 4 is 6.09 Å². The first-order chi connectivity index (χ1) is 2.89. The van der Waals surface area contributed by atoms with Gasteiger partial charge < -0.3 is 11.5 Å². The second-order valence-electron chi connectivity index (χ2n) is 1.06. The largest absolute Gasteiger partial charge is 1.00 e. The molecule has 1 N–H and O–H groups in total. The number of cyclic esters (lactones) is 1. The van der Waals surface area contributed by atoms with Crippen LogP contribution in [0.2, 0.25) is 0 Å². The molecular formula is C3H6NNaO2. The monoisotopic (exact) mass is 111 g/mol. The van der Waals surface area contributed by atoms with E-state index in [2.05, 4.69) is 10.1 Å². The third-order valence-corrected chi connectivity index (χ3v) is 0.605. The summed E-state index contributed by atoms with van der Waals surface area (Å²) in [5.41, 5.74) is 0. The van der Waals surface area contributed by atoms with Crippen LogP contribution >= 0.6 is 0 Å². The number of alkyl carbamates (subject to hydrolysis) is 1. The first-order valence-corrected chi connectivity index (χ1v) is 1.80. The first-order valence-electron chi connectivity index (χ1n) is 1.80. The van der Waals surface area contributed by atoms with Gasteiger partial charge in [0.05, 0.1) is 6.54 Å². The van der Waals surface area contributed by atoms with Gasteiger partial charge in [-0.1, -0.05) is 0 Å². The predicted octanol–water partition coefficient (Wildman–Crippen LogP) is -3.16. The zero-order chi connectivity index (χ0) is 4.41. The number of nitrogens with one attached hydrogen (secondary N) is 1. The van der Waals surface area contributed by atoms with E-state index in [1.807, 2.05) is 0 Å². The Hall–Kier alpha value is 0.270. The number of rotatable bonds is 0. The smallest absolute Gasteiger partial charge is 1.00 e. The Kier molecular flexibility index (Phi) is 3.42. The average Bonchev–Trinajstić information content (AvgIpc) is 1.86. The van der Waals surface area contributed by atoms with E-state index in [0.29, 0.717) is 13.2 Å². The van der Waals surface area contributed by atoms with Gasteiger partial charge in [-0.15, -0.1) is 0 Å². The fraction of sp³-hybridized carbons (Fsp3) is 0.667. The van der Waals surface area contributed by atoms with Gasteiger partial charge in [-0.2, -0.15) is 0 Å². The summed E-state index contributed by atoms with van der Waals surface area (Å²) in [7, 11) is 0. The Balaban J connectivity index is 0. The molecule has 0 radical (unpaired) electrons. The molecule has 4 heteroatoms. The van der Waals surface area contributed by atoms with Crippen LogP contribution in [0.15, 0.2) is 0 Å². The summed E-state index contributed by atoms with van der Waals surface area (Å²) in [4.78, 5) is 9.91. The van der Waals surface area contributed by atoms with Crippen LogP contribution < -0.4 is 34.9 Å². The van der Waals surface area contributed by atoms with E-state index >= 15 is 0 Å². The normalized spacial score (nSPS) is 16.9.